The van der Waals surface area contributed by atoms with Crippen molar-refractivity contribution < 1.29 is 4.79 Å². The van der Waals surface area contributed by atoms with Crippen LogP contribution < -0.4 is 10.9 Å². The number of benzene rings is 1. The molecule has 2 aliphatic rings. The van der Waals surface area contributed by atoms with E-state index >= 15 is 0 Å². The average Bonchev–Trinajstić information content (AvgIpc) is 3.40. The number of amides is 1. The zero-order valence-corrected chi connectivity index (χ0v) is 19.5. The summed E-state index contributed by atoms with van der Waals surface area (Å²) in [6.45, 7) is 0. The molecule has 31 heavy (non-hydrogen) atoms. The van der Waals surface area contributed by atoms with Gasteiger partial charge in [0.1, 0.15) is 4.83 Å². The number of hydrogen-bond donors (Lipinski definition) is 1. The van der Waals surface area contributed by atoms with Crippen molar-refractivity contribution in [2.45, 2.75) is 62.6 Å². The summed E-state index contributed by atoms with van der Waals surface area (Å²) < 4.78 is 1.65. The third kappa shape index (κ3) is 4.28. The molecule has 2 aromatic heterocycles. The van der Waals surface area contributed by atoms with E-state index in [4.69, 9.17) is 16.6 Å². The molecule has 0 aliphatic heterocycles. The van der Waals surface area contributed by atoms with Gasteiger partial charge in [-0.25, -0.2) is 4.98 Å². The topological polar surface area (TPSA) is 64.0 Å². The molecule has 5 nitrogen and oxygen atoms in total. The number of rotatable bonds is 5. The molecular formula is C23H24ClN3O2S2. The summed E-state index contributed by atoms with van der Waals surface area (Å²) in [6, 6.07) is 7.50. The van der Waals surface area contributed by atoms with Crippen molar-refractivity contribution in [1.29, 1.82) is 0 Å². The summed E-state index contributed by atoms with van der Waals surface area (Å²) in [4.78, 5) is 33.1. The van der Waals surface area contributed by atoms with Crippen molar-refractivity contribution in [2.75, 3.05) is 5.75 Å². The standard InChI is InChI=1S/C23H24ClN3O2S2/c24-14-9-11-16(12-10-14)27-22(29)20-17-7-3-4-8-18(17)31-21(20)26-23(27)30-13-19(28)25-15-5-1-2-6-15/h9-12,15H,1-8,13H2,(H,25,28). The third-order valence-electron chi connectivity index (χ3n) is 6.10. The second-order valence-electron chi connectivity index (χ2n) is 8.24. The summed E-state index contributed by atoms with van der Waals surface area (Å²) in [5.74, 6) is 0.243. The van der Waals surface area contributed by atoms with Gasteiger partial charge in [-0.1, -0.05) is 36.2 Å². The molecule has 0 spiro atoms. The quantitative estimate of drug-likeness (QED) is 0.412. The highest BCUT2D eigenvalue weighted by atomic mass is 35.5. The minimum atomic E-state index is -0.0505. The number of thioether (sulfide) groups is 1. The zero-order chi connectivity index (χ0) is 21.4. The van der Waals surface area contributed by atoms with Crippen molar-refractivity contribution in [1.82, 2.24) is 14.9 Å². The number of halogens is 1. The Bertz CT molecular complexity index is 1180. The molecule has 2 aliphatic carbocycles. The van der Waals surface area contributed by atoms with E-state index in [9.17, 15) is 9.59 Å². The fourth-order valence-corrected chi connectivity index (χ4v) is 6.82. The van der Waals surface area contributed by atoms with E-state index in [1.54, 1.807) is 28.0 Å². The van der Waals surface area contributed by atoms with Crippen LogP contribution in [0.1, 0.15) is 49.0 Å². The van der Waals surface area contributed by atoms with E-state index in [1.165, 1.54) is 35.0 Å². The molecule has 0 saturated heterocycles. The van der Waals surface area contributed by atoms with Crippen LogP contribution in [0.5, 0.6) is 0 Å². The largest absolute Gasteiger partial charge is 0.353 e. The molecule has 1 N–H and O–H groups in total. The molecule has 1 amide bonds. The summed E-state index contributed by atoms with van der Waals surface area (Å²) in [5, 5.41) is 5.03. The van der Waals surface area contributed by atoms with Gasteiger partial charge >= 0.3 is 0 Å². The van der Waals surface area contributed by atoms with Crippen LogP contribution in [-0.4, -0.2) is 27.3 Å². The number of fused-ring (bicyclic) bond motifs is 3. The molecule has 1 saturated carbocycles. The molecule has 0 unspecified atom stereocenters. The minimum Gasteiger partial charge on any atom is -0.353 e. The molecule has 0 atom stereocenters. The highest BCUT2D eigenvalue weighted by molar-refractivity contribution is 7.99. The Labute approximate surface area is 194 Å². The molecular weight excluding hydrogens is 450 g/mol. The Morgan fingerprint density at radius 3 is 2.68 bits per heavy atom. The smallest absolute Gasteiger partial charge is 0.267 e. The fourth-order valence-electron chi connectivity index (χ4n) is 4.57. The van der Waals surface area contributed by atoms with Gasteiger partial charge in [-0.3, -0.25) is 14.2 Å². The molecule has 5 rings (SSSR count). The lowest BCUT2D eigenvalue weighted by atomic mass is 9.97. The van der Waals surface area contributed by atoms with Gasteiger partial charge in [-0.05, 0) is 68.4 Å². The van der Waals surface area contributed by atoms with Crippen LogP contribution in [0, 0.1) is 0 Å². The van der Waals surface area contributed by atoms with E-state index in [0.29, 0.717) is 10.2 Å². The lowest BCUT2D eigenvalue weighted by Gasteiger charge is -2.15. The van der Waals surface area contributed by atoms with Gasteiger partial charge in [0.2, 0.25) is 5.91 Å². The maximum absolute atomic E-state index is 13.7. The Kier molecular flexibility index (Phi) is 6.08. The van der Waals surface area contributed by atoms with Gasteiger partial charge in [0, 0.05) is 15.9 Å². The van der Waals surface area contributed by atoms with Crippen LogP contribution in [0.4, 0.5) is 0 Å². The predicted molar refractivity (Wildman–Crippen MR) is 128 cm³/mol. The van der Waals surface area contributed by atoms with E-state index in [2.05, 4.69) is 5.32 Å². The maximum Gasteiger partial charge on any atom is 0.267 e. The Hall–Kier alpha value is -1.83. The van der Waals surface area contributed by atoms with E-state index < -0.39 is 0 Å². The second kappa shape index (κ2) is 8.96. The van der Waals surface area contributed by atoms with Crippen LogP contribution >= 0.6 is 34.7 Å². The lowest BCUT2D eigenvalue weighted by molar-refractivity contribution is -0.119. The molecule has 1 fully saturated rings. The number of carbonyl (C=O) groups excluding carboxylic acids is 1. The number of nitrogens with one attached hydrogen (secondary N) is 1. The average molecular weight is 474 g/mol. The lowest BCUT2D eigenvalue weighted by Crippen LogP contribution is -2.34. The first-order chi connectivity index (χ1) is 15.1. The summed E-state index contributed by atoms with van der Waals surface area (Å²) in [7, 11) is 0. The minimum absolute atomic E-state index is 0.000578. The molecule has 2 heterocycles. The van der Waals surface area contributed by atoms with Crippen LogP contribution in [0.2, 0.25) is 5.02 Å². The molecule has 0 bridgehead atoms. The van der Waals surface area contributed by atoms with Crippen molar-refractivity contribution in [3.05, 3.63) is 50.1 Å². The van der Waals surface area contributed by atoms with Crippen molar-refractivity contribution in [3.8, 4) is 5.69 Å². The second-order valence-corrected chi connectivity index (χ2v) is 10.7. The van der Waals surface area contributed by atoms with Crippen molar-refractivity contribution in [3.63, 3.8) is 0 Å². The van der Waals surface area contributed by atoms with Crippen LogP contribution in [0.15, 0.2) is 34.2 Å². The van der Waals surface area contributed by atoms with Gasteiger partial charge in [-0.2, -0.15) is 0 Å². The van der Waals surface area contributed by atoms with Crippen LogP contribution in [0.25, 0.3) is 15.9 Å². The molecule has 162 valence electrons. The fraction of sp³-hybridized carbons (Fsp3) is 0.435. The Balaban J connectivity index is 1.53. The van der Waals surface area contributed by atoms with Crippen LogP contribution in [-0.2, 0) is 17.6 Å². The van der Waals surface area contributed by atoms with Crippen LogP contribution in [0.3, 0.4) is 0 Å². The Morgan fingerprint density at radius 1 is 1.16 bits per heavy atom. The third-order valence-corrected chi connectivity index (χ3v) is 8.47. The van der Waals surface area contributed by atoms with E-state index in [-0.39, 0.29) is 23.3 Å². The Morgan fingerprint density at radius 2 is 1.90 bits per heavy atom. The monoisotopic (exact) mass is 473 g/mol. The molecule has 1 aromatic carbocycles. The van der Waals surface area contributed by atoms with Gasteiger partial charge in [0.05, 0.1) is 16.8 Å². The number of hydrogen-bond acceptors (Lipinski definition) is 5. The predicted octanol–water partition coefficient (Wildman–Crippen LogP) is 5.13. The first-order valence-corrected chi connectivity index (χ1v) is 13.0. The number of thiophene rings is 1. The zero-order valence-electron chi connectivity index (χ0n) is 17.2. The van der Waals surface area contributed by atoms with E-state index in [1.807, 2.05) is 12.1 Å². The van der Waals surface area contributed by atoms with Crippen molar-refractivity contribution in [2.24, 2.45) is 0 Å². The highest BCUT2D eigenvalue weighted by Gasteiger charge is 2.24. The normalized spacial score (nSPS) is 16.5. The van der Waals surface area contributed by atoms with E-state index in [0.717, 1.165) is 54.4 Å². The summed E-state index contributed by atoms with van der Waals surface area (Å²) >= 11 is 9.04. The molecule has 0 radical (unpaired) electrons. The number of aromatic nitrogens is 2. The summed E-state index contributed by atoms with van der Waals surface area (Å²) in [6.07, 6.45) is 8.68. The van der Waals surface area contributed by atoms with Gasteiger partial charge in [-0.15, -0.1) is 11.3 Å². The van der Waals surface area contributed by atoms with Gasteiger partial charge < -0.3 is 5.32 Å². The molecule has 3 aromatic rings. The summed E-state index contributed by atoms with van der Waals surface area (Å²) in [5.41, 5.74) is 1.84. The number of carbonyl (C=O) groups is 1. The SMILES string of the molecule is O=C(CSc1nc2sc3c(c2c(=O)n1-c1ccc(Cl)cc1)CCCC3)NC1CCCC1. The van der Waals surface area contributed by atoms with Crippen molar-refractivity contribution >= 4 is 50.8 Å². The first-order valence-electron chi connectivity index (χ1n) is 10.9. The molecule has 8 heteroatoms. The number of aryl methyl sites for hydroxylation is 2. The first kappa shape index (κ1) is 21.0. The highest BCUT2D eigenvalue weighted by Crippen LogP contribution is 2.35. The van der Waals surface area contributed by atoms with Gasteiger partial charge in [0.25, 0.3) is 5.56 Å². The number of nitrogens with zero attached hydrogens (tertiary/aromatic N) is 2. The van der Waals surface area contributed by atoms with Gasteiger partial charge in [0.15, 0.2) is 5.16 Å². The maximum atomic E-state index is 13.7.